The molecule has 8 heteroatoms. The standard InChI is InChI=1S/C20H18N4O3S/c1-2-25-15-7-5-13(6-8-15)17-11-24-14(12-26-17)10-16(22-24)20-21-19(23-27-20)18-4-3-9-28-18/h3-10,17H,2,11-12H2,1H3/t17-/m1/s1. The number of ether oxygens (including phenoxy) is 2. The molecule has 1 aliphatic heterocycles. The molecular formula is C20H18N4O3S. The average Bonchev–Trinajstić information content (AvgIpc) is 3.47. The van der Waals surface area contributed by atoms with Crippen LogP contribution in [0.2, 0.25) is 0 Å². The van der Waals surface area contributed by atoms with Gasteiger partial charge >= 0.3 is 0 Å². The maximum atomic E-state index is 6.04. The van der Waals surface area contributed by atoms with E-state index in [0.717, 1.165) is 21.9 Å². The van der Waals surface area contributed by atoms with Gasteiger partial charge in [0.05, 0.1) is 30.3 Å². The summed E-state index contributed by atoms with van der Waals surface area (Å²) >= 11 is 1.57. The maximum absolute atomic E-state index is 6.04. The molecular weight excluding hydrogens is 376 g/mol. The fraction of sp³-hybridized carbons (Fsp3) is 0.250. The molecule has 1 aliphatic rings. The number of hydrogen-bond donors (Lipinski definition) is 0. The van der Waals surface area contributed by atoms with Gasteiger partial charge in [-0.2, -0.15) is 10.1 Å². The Hall–Kier alpha value is -2.97. The van der Waals surface area contributed by atoms with Crippen molar-refractivity contribution in [1.82, 2.24) is 19.9 Å². The topological polar surface area (TPSA) is 75.2 Å². The molecule has 4 heterocycles. The second-order valence-corrected chi connectivity index (χ2v) is 7.35. The van der Waals surface area contributed by atoms with Gasteiger partial charge in [0.1, 0.15) is 11.9 Å². The van der Waals surface area contributed by atoms with Crippen LogP contribution in [0.1, 0.15) is 24.3 Å². The molecule has 0 N–H and O–H groups in total. The molecule has 4 aromatic rings. The SMILES string of the molecule is CCOc1ccc([C@H]2Cn3nc(-c4nc(-c5cccs5)no4)cc3CO2)cc1. The Morgan fingerprint density at radius 1 is 1.25 bits per heavy atom. The van der Waals surface area contributed by atoms with Crippen molar-refractivity contribution in [3.8, 4) is 28.0 Å². The van der Waals surface area contributed by atoms with E-state index in [2.05, 4.69) is 15.2 Å². The smallest absolute Gasteiger partial charge is 0.278 e. The second kappa shape index (κ2) is 7.21. The molecule has 0 radical (unpaired) electrons. The maximum Gasteiger partial charge on any atom is 0.278 e. The summed E-state index contributed by atoms with van der Waals surface area (Å²) < 4.78 is 18.9. The van der Waals surface area contributed by atoms with Gasteiger partial charge in [0.2, 0.25) is 5.82 Å². The zero-order valence-electron chi connectivity index (χ0n) is 15.2. The third-order valence-electron chi connectivity index (χ3n) is 4.58. The molecule has 7 nitrogen and oxygen atoms in total. The Balaban J connectivity index is 1.35. The van der Waals surface area contributed by atoms with Crippen molar-refractivity contribution in [2.24, 2.45) is 0 Å². The first-order valence-electron chi connectivity index (χ1n) is 9.09. The van der Waals surface area contributed by atoms with Crippen LogP contribution in [0.5, 0.6) is 5.75 Å². The first kappa shape index (κ1) is 17.2. The molecule has 0 saturated carbocycles. The number of fused-ring (bicyclic) bond motifs is 1. The van der Waals surface area contributed by atoms with Crippen LogP contribution < -0.4 is 4.74 Å². The molecule has 1 aromatic carbocycles. The minimum Gasteiger partial charge on any atom is -0.494 e. The van der Waals surface area contributed by atoms with Crippen LogP contribution in [0.4, 0.5) is 0 Å². The zero-order chi connectivity index (χ0) is 18.9. The van der Waals surface area contributed by atoms with E-state index in [1.54, 1.807) is 11.3 Å². The van der Waals surface area contributed by atoms with Gasteiger partial charge in [-0.05, 0) is 42.1 Å². The molecule has 0 saturated heterocycles. The number of nitrogens with zero attached hydrogens (tertiary/aromatic N) is 4. The quantitative estimate of drug-likeness (QED) is 0.501. The molecule has 1 atom stereocenters. The summed E-state index contributed by atoms with van der Waals surface area (Å²) in [5, 5.41) is 10.7. The van der Waals surface area contributed by atoms with Crippen molar-refractivity contribution in [3.63, 3.8) is 0 Å². The highest BCUT2D eigenvalue weighted by molar-refractivity contribution is 7.13. The number of rotatable bonds is 5. The molecule has 0 unspecified atom stereocenters. The minimum absolute atomic E-state index is 0.0553. The number of thiophene rings is 1. The van der Waals surface area contributed by atoms with Crippen molar-refractivity contribution < 1.29 is 14.0 Å². The van der Waals surface area contributed by atoms with Crippen LogP contribution in [-0.4, -0.2) is 26.5 Å². The normalized spacial score (nSPS) is 16.1. The molecule has 0 fully saturated rings. The number of aromatic nitrogens is 4. The lowest BCUT2D eigenvalue weighted by atomic mass is 10.1. The average molecular weight is 394 g/mol. The van der Waals surface area contributed by atoms with E-state index in [-0.39, 0.29) is 6.10 Å². The van der Waals surface area contributed by atoms with Gasteiger partial charge in [-0.3, -0.25) is 4.68 Å². The van der Waals surface area contributed by atoms with Crippen LogP contribution in [0.3, 0.4) is 0 Å². The summed E-state index contributed by atoms with van der Waals surface area (Å²) in [5.74, 6) is 1.87. The van der Waals surface area contributed by atoms with E-state index in [0.29, 0.717) is 37.2 Å². The summed E-state index contributed by atoms with van der Waals surface area (Å²) in [4.78, 5) is 5.44. The monoisotopic (exact) mass is 394 g/mol. The van der Waals surface area contributed by atoms with Gasteiger partial charge < -0.3 is 14.0 Å². The van der Waals surface area contributed by atoms with E-state index in [4.69, 9.17) is 14.0 Å². The van der Waals surface area contributed by atoms with E-state index in [1.807, 2.05) is 59.5 Å². The largest absolute Gasteiger partial charge is 0.494 e. The van der Waals surface area contributed by atoms with E-state index < -0.39 is 0 Å². The first-order valence-corrected chi connectivity index (χ1v) is 9.97. The summed E-state index contributed by atoms with van der Waals surface area (Å²) in [6.07, 6.45) is -0.0553. The van der Waals surface area contributed by atoms with Gasteiger partial charge in [-0.1, -0.05) is 23.4 Å². The molecule has 0 aliphatic carbocycles. The summed E-state index contributed by atoms with van der Waals surface area (Å²) in [6.45, 7) is 3.75. The lowest BCUT2D eigenvalue weighted by Crippen LogP contribution is -2.21. The first-order chi connectivity index (χ1) is 13.8. The van der Waals surface area contributed by atoms with Gasteiger partial charge in [0.15, 0.2) is 5.69 Å². The van der Waals surface area contributed by atoms with Crippen molar-refractivity contribution in [2.75, 3.05) is 6.61 Å². The lowest BCUT2D eigenvalue weighted by molar-refractivity contribution is -0.00115. The fourth-order valence-corrected chi connectivity index (χ4v) is 3.86. The van der Waals surface area contributed by atoms with Gasteiger partial charge in [0, 0.05) is 0 Å². The predicted molar refractivity (Wildman–Crippen MR) is 104 cm³/mol. The number of benzene rings is 1. The van der Waals surface area contributed by atoms with Crippen LogP contribution >= 0.6 is 11.3 Å². The molecule has 28 heavy (non-hydrogen) atoms. The van der Waals surface area contributed by atoms with Crippen LogP contribution in [-0.2, 0) is 17.9 Å². The molecule has 3 aromatic heterocycles. The summed E-state index contributed by atoms with van der Waals surface area (Å²) in [6, 6.07) is 13.9. The van der Waals surface area contributed by atoms with Gasteiger partial charge in [0.25, 0.3) is 5.89 Å². The van der Waals surface area contributed by atoms with Crippen LogP contribution in [0, 0.1) is 0 Å². The predicted octanol–water partition coefficient (Wildman–Crippen LogP) is 4.33. The minimum atomic E-state index is -0.0553. The van der Waals surface area contributed by atoms with Crippen molar-refractivity contribution in [1.29, 1.82) is 0 Å². The molecule has 142 valence electrons. The van der Waals surface area contributed by atoms with Crippen LogP contribution in [0.25, 0.3) is 22.3 Å². The third-order valence-corrected chi connectivity index (χ3v) is 5.45. The Kier molecular flexibility index (Phi) is 4.42. The second-order valence-electron chi connectivity index (χ2n) is 6.41. The highest BCUT2D eigenvalue weighted by Gasteiger charge is 2.24. The molecule has 0 amide bonds. The summed E-state index contributed by atoms with van der Waals surface area (Å²) in [7, 11) is 0. The fourth-order valence-electron chi connectivity index (χ4n) is 3.21. The van der Waals surface area contributed by atoms with E-state index in [1.165, 1.54) is 0 Å². The highest BCUT2D eigenvalue weighted by atomic mass is 32.1. The Morgan fingerprint density at radius 3 is 2.93 bits per heavy atom. The summed E-state index contributed by atoms with van der Waals surface area (Å²) in [5.41, 5.74) is 2.76. The van der Waals surface area contributed by atoms with Crippen LogP contribution in [0.15, 0.2) is 52.4 Å². The van der Waals surface area contributed by atoms with Gasteiger partial charge in [-0.25, -0.2) is 0 Å². The zero-order valence-corrected chi connectivity index (χ0v) is 16.1. The molecule has 0 spiro atoms. The lowest BCUT2D eigenvalue weighted by Gasteiger charge is -2.24. The Morgan fingerprint density at radius 2 is 2.14 bits per heavy atom. The van der Waals surface area contributed by atoms with E-state index in [9.17, 15) is 0 Å². The van der Waals surface area contributed by atoms with Crippen molar-refractivity contribution in [3.05, 3.63) is 59.1 Å². The van der Waals surface area contributed by atoms with Crippen molar-refractivity contribution >= 4 is 11.3 Å². The molecule has 0 bridgehead atoms. The highest BCUT2D eigenvalue weighted by Crippen LogP contribution is 2.30. The molecule has 5 rings (SSSR count). The number of hydrogen-bond acceptors (Lipinski definition) is 7. The Labute approximate surface area is 165 Å². The van der Waals surface area contributed by atoms with Gasteiger partial charge in [-0.15, -0.1) is 11.3 Å². The Bertz CT molecular complexity index is 1070. The third kappa shape index (κ3) is 3.21. The van der Waals surface area contributed by atoms with Crippen molar-refractivity contribution in [2.45, 2.75) is 26.2 Å². The van der Waals surface area contributed by atoms with E-state index >= 15 is 0 Å².